The molecule has 15 heavy (non-hydrogen) atoms. The van der Waals surface area contributed by atoms with Gasteiger partial charge >= 0.3 is 0 Å². The van der Waals surface area contributed by atoms with Crippen molar-refractivity contribution in [2.75, 3.05) is 0 Å². The van der Waals surface area contributed by atoms with Gasteiger partial charge in [0.2, 0.25) is 0 Å². The van der Waals surface area contributed by atoms with Crippen LogP contribution in [-0.2, 0) is 0 Å². The van der Waals surface area contributed by atoms with Gasteiger partial charge in [0.15, 0.2) is 0 Å². The van der Waals surface area contributed by atoms with Gasteiger partial charge in [0.05, 0.1) is 12.2 Å². The molecule has 0 aromatic carbocycles. The van der Waals surface area contributed by atoms with Crippen molar-refractivity contribution < 1.29 is 0 Å². The molecule has 1 aromatic heterocycles. The highest BCUT2D eigenvalue weighted by molar-refractivity contribution is 5.08. The molecule has 3 atom stereocenters. The van der Waals surface area contributed by atoms with Crippen LogP contribution < -0.4 is 5.73 Å². The molecule has 0 bridgehead atoms. The molecule has 1 aliphatic rings. The van der Waals surface area contributed by atoms with Crippen LogP contribution in [0.2, 0.25) is 0 Å². The average molecular weight is 207 g/mol. The zero-order chi connectivity index (χ0) is 10.8. The van der Waals surface area contributed by atoms with Crippen molar-refractivity contribution in [2.24, 2.45) is 11.7 Å². The van der Waals surface area contributed by atoms with Crippen LogP contribution in [0.15, 0.2) is 12.4 Å². The van der Waals surface area contributed by atoms with Crippen LogP contribution in [0.5, 0.6) is 0 Å². The van der Waals surface area contributed by atoms with Gasteiger partial charge < -0.3 is 5.73 Å². The molecule has 1 aliphatic carbocycles. The standard InChI is InChI=1S/C12H21N3/c1-9-4-3-5-12(6-9)15-8-11(7-14-15)10(2)13/h7-10,12H,3-6,13H2,1-2H3. The van der Waals surface area contributed by atoms with Crippen molar-refractivity contribution >= 4 is 0 Å². The molecule has 3 heteroatoms. The Kier molecular flexibility index (Phi) is 3.10. The third kappa shape index (κ3) is 2.40. The fraction of sp³-hybridized carbons (Fsp3) is 0.750. The van der Waals surface area contributed by atoms with Gasteiger partial charge in [-0.05, 0) is 25.7 Å². The first kappa shape index (κ1) is 10.7. The SMILES string of the molecule is CC1CCCC(n2cc(C(C)N)cn2)C1. The van der Waals surface area contributed by atoms with Crippen molar-refractivity contribution in [2.45, 2.75) is 51.6 Å². The Hall–Kier alpha value is -0.830. The normalized spacial score (nSPS) is 29.0. The molecule has 1 fully saturated rings. The lowest BCUT2D eigenvalue weighted by atomic mass is 9.87. The van der Waals surface area contributed by atoms with Crippen molar-refractivity contribution in [1.29, 1.82) is 0 Å². The van der Waals surface area contributed by atoms with Crippen LogP contribution in [0.3, 0.4) is 0 Å². The Morgan fingerprint density at radius 2 is 2.33 bits per heavy atom. The Labute approximate surface area is 91.7 Å². The molecule has 3 nitrogen and oxygen atoms in total. The summed E-state index contributed by atoms with van der Waals surface area (Å²) in [6.07, 6.45) is 9.26. The number of nitrogens with zero attached hydrogens (tertiary/aromatic N) is 2. The van der Waals surface area contributed by atoms with E-state index in [1.54, 1.807) is 0 Å². The van der Waals surface area contributed by atoms with E-state index < -0.39 is 0 Å². The van der Waals surface area contributed by atoms with Crippen molar-refractivity contribution in [3.8, 4) is 0 Å². The predicted octanol–water partition coefficient (Wildman–Crippen LogP) is 2.65. The second kappa shape index (κ2) is 4.35. The van der Waals surface area contributed by atoms with Gasteiger partial charge in [-0.25, -0.2) is 0 Å². The van der Waals surface area contributed by atoms with E-state index in [0.29, 0.717) is 6.04 Å². The first-order chi connectivity index (χ1) is 7.16. The van der Waals surface area contributed by atoms with Gasteiger partial charge in [0.25, 0.3) is 0 Å². The van der Waals surface area contributed by atoms with Crippen LogP contribution in [0.25, 0.3) is 0 Å². The molecule has 2 rings (SSSR count). The first-order valence-corrected chi connectivity index (χ1v) is 5.96. The molecular weight excluding hydrogens is 186 g/mol. The lowest BCUT2D eigenvalue weighted by Crippen LogP contribution is -2.18. The second-order valence-corrected chi connectivity index (χ2v) is 4.97. The maximum absolute atomic E-state index is 5.83. The highest BCUT2D eigenvalue weighted by atomic mass is 15.3. The summed E-state index contributed by atoms with van der Waals surface area (Å²) < 4.78 is 2.12. The van der Waals surface area contributed by atoms with E-state index in [0.717, 1.165) is 11.5 Å². The van der Waals surface area contributed by atoms with Crippen molar-refractivity contribution in [3.05, 3.63) is 18.0 Å². The highest BCUT2D eigenvalue weighted by Crippen LogP contribution is 2.31. The quantitative estimate of drug-likeness (QED) is 0.810. The molecule has 1 heterocycles. The fourth-order valence-electron chi connectivity index (χ4n) is 2.43. The summed E-state index contributed by atoms with van der Waals surface area (Å²) in [5, 5.41) is 4.43. The van der Waals surface area contributed by atoms with Gasteiger partial charge in [0, 0.05) is 17.8 Å². The molecule has 1 saturated carbocycles. The maximum atomic E-state index is 5.83. The maximum Gasteiger partial charge on any atom is 0.0537 e. The van der Waals surface area contributed by atoms with E-state index in [4.69, 9.17) is 5.73 Å². The average Bonchev–Trinajstić information content (AvgIpc) is 2.66. The van der Waals surface area contributed by atoms with Crippen molar-refractivity contribution in [1.82, 2.24) is 9.78 Å². The summed E-state index contributed by atoms with van der Waals surface area (Å²) >= 11 is 0. The number of rotatable bonds is 2. The summed E-state index contributed by atoms with van der Waals surface area (Å²) in [5.74, 6) is 0.840. The number of hydrogen-bond acceptors (Lipinski definition) is 2. The Morgan fingerprint density at radius 1 is 1.53 bits per heavy atom. The van der Waals surface area contributed by atoms with Crippen LogP contribution in [0, 0.1) is 5.92 Å². The summed E-state index contributed by atoms with van der Waals surface area (Å²) in [6, 6.07) is 0.695. The molecule has 3 unspecified atom stereocenters. The fourth-order valence-corrected chi connectivity index (χ4v) is 2.43. The highest BCUT2D eigenvalue weighted by Gasteiger charge is 2.21. The van der Waals surface area contributed by atoms with Crippen LogP contribution in [0.1, 0.15) is 57.2 Å². The number of aromatic nitrogens is 2. The molecule has 0 spiro atoms. The van der Waals surface area contributed by atoms with Crippen LogP contribution in [0.4, 0.5) is 0 Å². The third-order valence-corrected chi connectivity index (χ3v) is 3.43. The Balaban J connectivity index is 2.08. The van der Waals surface area contributed by atoms with E-state index in [1.165, 1.54) is 25.7 Å². The molecule has 1 aromatic rings. The van der Waals surface area contributed by atoms with Crippen molar-refractivity contribution in [3.63, 3.8) is 0 Å². The zero-order valence-corrected chi connectivity index (χ0v) is 9.69. The lowest BCUT2D eigenvalue weighted by molar-refractivity contribution is 0.266. The van der Waals surface area contributed by atoms with E-state index in [9.17, 15) is 0 Å². The molecular formula is C12H21N3. The second-order valence-electron chi connectivity index (χ2n) is 4.97. The molecule has 84 valence electrons. The summed E-state index contributed by atoms with van der Waals surface area (Å²) in [7, 11) is 0. The topological polar surface area (TPSA) is 43.8 Å². The van der Waals surface area contributed by atoms with Crippen LogP contribution in [-0.4, -0.2) is 9.78 Å². The first-order valence-electron chi connectivity index (χ1n) is 5.96. The largest absolute Gasteiger partial charge is 0.324 e. The molecule has 0 radical (unpaired) electrons. The third-order valence-electron chi connectivity index (χ3n) is 3.43. The minimum Gasteiger partial charge on any atom is -0.324 e. The molecule has 0 aliphatic heterocycles. The van der Waals surface area contributed by atoms with Gasteiger partial charge in [0.1, 0.15) is 0 Å². The summed E-state index contributed by atoms with van der Waals surface area (Å²) in [6.45, 7) is 4.34. The van der Waals surface area contributed by atoms with E-state index >= 15 is 0 Å². The molecule has 0 amide bonds. The molecule has 0 saturated heterocycles. The Morgan fingerprint density at radius 3 is 2.93 bits per heavy atom. The number of nitrogens with two attached hydrogens (primary N) is 1. The zero-order valence-electron chi connectivity index (χ0n) is 9.69. The Bertz CT molecular complexity index is 316. The van der Waals surface area contributed by atoms with Gasteiger partial charge in [-0.3, -0.25) is 4.68 Å². The smallest absolute Gasteiger partial charge is 0.0537 e. The summed E-state index contributed by atoms with van der Waals surface area (Å²) in [5.41, 5.74) is 6.98. The molecule has 2 N–H and O–H groups in total. The van der Waals surface area contributed by atoms with E-state index in [1.807, 2.05) is 13.1 Å². The minimum absolute atomic E-state index is 0.0970. The minimum atomic E-state index is 0.0970. The van der Waals surface area contributed by atoms with E-state index in [2.05, 4.69) is 22.9 Å². The monoisotopic (exact) mass is 207 g/mol. The van der Waals surface area contributed by atoms with Gasteiger partial charge in [-0.1, -0.05) is 19.8 Å². The van der Waals surface area contributed by atoms with E-state index in [-0.39, 0.29) is 6.04 Å². The number of hydrogen-bond donors (Lipinski definition) is 1. The predicted molar refractivity (Wildman–Crippen MR) is 61.5 cm³/mol. The van der Waals surface area contributed by atoms with Gasteiger partial charge in [-0.15, -0.1) is 0 Å². The van der Waals surface area contributed by atoms with Crippen LogP contribution >= 0.6 is 0 Å². The summed E-state index contributed by atoms with van der Waals surface area (Å²) in [4.78, 5) is 0. The lowest BCUT2D eigenvalue weighted by Gasteiger charge is -2.26. The van der Waals surface area contributed by atoms with Gasteiger partial charge in [-0.2, -0.15) is 5.10 Å².